The second-order valence-electron chi connectivity index (χ2n) is 3.37. The minimum absolute atomic E-state index is 0.0429. The summed E-state index contributed by atoms with van der Waals surface area (Å²) in [6.07, 6.45) is 3.47. The van der Waals surface area contributed by atoms with Crippen LogP contribution in [0.1, 0.15) is 29.8 Å². The third-order valence-corrected chi connectivity index (χ3v) is 2.93. The quantitative estimate of drug-likeness (QED) is 0.877. The Balaban J connectivity index is 2.12. The van der Waals surface area contributed by atoms with E-state index in [1.54, 1.807) is 0 Å². The third kappa shape index (κ3) is 1.77. The molecular weight excluding hydrogens is 250 g/mol. The average molecular weight is 260 g/mol. The summed E-state index contributed by atoms with van der Waals surface area (Å²) in [5, 5.41) is 11.8. The van der Waals surface area contributed by atoms with Gasteiger partial charge in [-0.25, -0.2) is 4.79 Å². The van der Waals surface area contributed by atoms with Gasteiger partial charge in [-0.3, -0.25) is 0 Å². The zero-order valence-electron chi connectivity index (χ0n) is 7.42. The molecular formula is C9H10BrNO3. The van der Waals surface area contributed by atoms with Crippen molar-refractivity contribution < 1.29 is 14.3 Å². The van der Waals surface area contributed by atoms with E-state index < -0.39 is 5.97 Å². The number of carbonyl (C=O) groups is 1. The molecule has 2 N–H and O–H groups in total. The first-order valence-corrected chi connectivity index (χ1v) is 5.25. The van der Waals surface area contributed by atoms with Crippen LogP contribution in [0.2, 0.25) is 0 Å². The van der Waals surface area contributed by atoms with Crippen LogP contribution in [0.25, 0.3) is 0 Å². The van der Waals surface area contributed by atoms with E-state index in [1.807, 2.05) is 0 Å². The smallest absolute Gasteiger partial charge is 0.371 e. The van der Waals surface area contributed by atoms with Gasteiger partial charge in [-0.05, 0) is 35.2 Å². The highest BCUT2D eigenvalue weighted by molar-refractivity contribution is 9.10. The maximum Gasteiger partial charge on any atom is 0.371 e. The van der Waals surface area contributed by atoms with Gasteiger partial charge >= 0.3 is 5.97 Å². The monoisotopic (exact) mass is 259 g/mol. The van der Waals surface area contributed by atoms with Crippen LogP contribution in [0.4, 0.5) is 5.88 Å². The van der Waals surface area contributed by atoms with Crippen LogP contribution < -0.4 is 5.32 Å². The van der Waals surface area contributed by atoms with Gasteiger partial charge in [0.05, 0.1) is 4.47 Å². The molecule has 0 bridgehead atoms. The molecule has 1 aromatic rings. The molecule has 1 aromatic heterocycles. The number of anilines is 1. The Morgan fingerprint density at radius 1 is 1.64 bits per heavy atom. The molecule has 0 amide bonds. The van der Waals surface area contributed by atoms with Crippen LogP contribution in [0.5, 0.6) is 0 Å². The minimum Gasteiger partial charge on any atom is -0.475 e. The van der Waals surface area contributed by atoms with Gasteiger partial charge in [0, 0.05) is 12.1 Å². The second kappa shape index (κ2) is 3.65. The van der Waals surface area contributed by atoms with E-state index in [1.165, 1.54) is 12.5 Å². The molecule has 1 heterocycles. The molecule has 0 atom stereocenters. The normalized spacial score (nSPS) is 16.4. The molecule has 14 heavy (non-hydrogen) atoms. The summed E-state index contributed by atoms with van der Waals surface area (Å²) in [7, 11) is 0. The largest absolute Gasteiger partial charge is 0.475 e. The van der Waals surface area contributed by atoms with E-state index in [0.29, 0.717) is 16.4 Å². The number of carboxylic acid groups (broad SMARTS) is 1. The summed E-state index contributed by atoms with van der Waals surface area (Å²) in [6.45, 7) is 0. The lowest BCUT2D eigenvalue weighted by Gasteiger charge is -2.26. The van der Waals surface area contributed by atoms with Gasteiger partial charge in [0.15, 0.2) is 0 Å². The first kappa shape index (κ1) is 9.58. The Bertz CT molecular complexity index is 357. The Morgan fingerprint density at radius 3 is 2.79 bits per heavy atom. The van der Waals surface area contributed by atoms with Crippen molar-refractivity contribution >= 4 is 27.8 Å². The van der Waals surface area contributed by atoms with Crippen molar-refractivity contribution in [1.82, 2.24) is 0 Å². The predicted molar refractivity (Wildman–Crippen MR) is 54.6 cm³/mol. The Labute approximate surface area is 89.4 Å². The lowest BCUT2D eigenvalue weighted by Crippen LogP contribution is -2.26. The van der Waals surface area contributed by atoms with Crippen LogP contribution in [0, 0.1) is 0 Å². The predicted octanol–water partition coefficient (Wildman–Crippen LogP) is 2.70. The number of hydrogen-bond donors (Lipinski definition) is 2. The fraction of sp³-hybridized carbons (Fsp3) is 0.444. The zero-order chi connectivity index (χ0) is 10.1. The van der Waals surface area contributed by atoms with Crippen LogP contribution in [-0.2, 0) is 0 Å². The molecule has 1 aliphatic rings. The second-order valence-corrected chi connectivity index (χ2v) is 4.22. The molecule has 5 heteroatoms. The van der Waals surface area contributed by atoms with Crippen LogP contribution >= 0.6 is 15.9 Å². The van der Waals surface area contributed by atoms with Crippen molar-refractivity contribution in [3.05, 3.63) is 16.3 Å². The Hall–Kier alpha value is -0.970. The van der Waals surface area contributed by atoms with Crippen molar-refractivity contribution in [1.29, 1.82) is 0 Å². The van der Waals surface area contributed by atoms with Crippen molar-refractivity contribution in [3.8, 4) is 0 Å². The van der Waals surface area contributed by atoms with Crippen molar-refractivity contribution in [2.75, 3.05) is 5.32 Å². The standard InChI is InChI=1S/C9H10BrNO3/c10-6-4-7(9(12)13)14-8(6)11-5-2-1-3-5/h4-5,11H,1-3H2,(H,12,13). The molecule has 2 rings (SSSR count). The molecule has 0 aliphatic heterocycles. The summed E-state index contributed by atoms with van der Waals surface area (Å²) >= 11 is 3.25. The topological polar surface area (TPSA) is 62.5 Å². The summed E-state index contributed by atoms with van der Waals surface area (Å²) < 4.78 is 5.79. The molecule has 0 unspecified atom stereocenters. The molecule has 1 saturated carbocycles. The van der Waals surface area contributed by atoms with Gasteiger partial charge in [-0.1, -0.05) is 0 Å². The van der Waals surface area contributed by atoms with E-state index >= 15 is 0 Å². The summed E-state index contributed by atoms with van der Waals surface area (Å²) in [5.41, 5.74) is 0. The average Bonchev–Trinajstić information content (AvgIpc) is 2.40. The first-order chi connectivity index (χ1) is 6.66. The lowest BCUT2D eigenvalue weighted by atomic mass is 9.93. The molecule has 0 radical (unpaired) electrons. The maximum atomic E-state index is 10.6. The van der Waals surface area contributed by atoms with E-state index in [9.17, 15) is 4.79 Å². The lowest BCUT2D eigenvalue weighted by molar-refractivity contribution is 0.0663. The molecule has 4 nitrogen and oxygen atoms in total. The third-order valence-electron chi connectivity index (χ3n) is 2.34. The van der Waals surface area contributed by atoms with Gasteiger partial charge in [0.1, 0.15) is 0 Å². The SMILES string of the molecule is O=C(O)c1cc(Br)c(NC2CCC2)o1. The van der Waals surface area contributed by atoms with E-state index in [0.717, 1.165) is 12.8 Å². The number of aromatic carboxylic acids is 1. The number of rotatable bonds is 3. The van der Waals surface area contributed by atoms with Gasteiger partial charge < -0.3 is 14.8 Å². The number of halogens is 1. The molecule has 1 fully saturated rings. The summed E-state index contributed by atoms with van der Waals surface area (Å²) in [5.74, 6) is -0.571. The van der Waals surface area contributed by atoms with Gasteiger partial charge in [-0.2, -0.15) is 0 Å². The Morgan fingerprint density at radius 2 is 2.36 bits per heavy atom. The number of hydrogen-bond acceptors (Lipinski definition) is 3. The maximum absolute atomic E-state index is 10.6. The van der Waals surface area contributed by atoms with E-state index in [2.05, 4.69) is 21.2 Å². The number of furan rings is 1. The number of carboxylic acids is 1. The molecule has 0 spiro atoms. The van der Waals surface area contributed by atoms with Crippen LogP contribution in [0.3, 0.4) is 0 Å². The Kier molecular flexibility index (Phi) is 2.50. The highest BCUT2D eigenvalue weighted by Gasteiger charge is 2.21. The van der Waals surface area contributed by atoms with Gasteiger partial charge in [-0.15, -0.1) is 0 Å². The van der Waals surface area contributed by atoms with Gasteiger partial charge in [0.25, 0.3) is 0 Å². The van der Waals surface area contributed by atoms with Crippen molar-refractivity contribution in [2.24, 2.45) is 0 Å². The van der Waals surface area contributed by atoms with Crippen LogP contribution in [-0.4, -0.2) is 17.1 Å². The van der Waals surface area contributed by atoms with Crippen molar-refractivity contribution in [2.45, 2.75) is 25.3 Å². The van der Waals surface area contributed by atoms with E-state index in [4.69, 9.17) is 9.52 Å². The number of nitrogens with one attached hydrogen (secondary N) is 1. The fourth-order valence-electron chi connectivity index (χ4n) is 1.31. The van der Waals surface area contributed by atoms with E-state index in [-0.39, 0.29) is 5.76 Å². The minimum atomic E-state index is -1.05. The highest BCUT2D eigenvalue weighted by atomic mass is 79.9. The molecule has 0 aromatic carbocycles. The van der Waals surface area contributed by atoms with Gasteiger partial charge in [0.2, 0.25) is 11.6 Å². The van der Waals surface area contributed by atoms with Crippen molar-refractivity contribution in [3.63, 3.8) is 0 Å². The zero-order valence-corrected chi connectivity index (χ0v) is 9.00. The molecule has 76 valence electrons. The summed E-state index contributed by atoms with van der Waals surface area (Å²) in [4.78, 5) is 10.6. The molecule has 0 saturated heterocycles. The summed E-state index contributed by atoms with van der Waals surface area (Å²) in [6, 6.07) is 1.89. The molecule has 1 aliphatic carbocycles. The van der Waals surface area contributed by atoms with Crippen LogP contribution in [0.15, 0.2) is 15.0 Å². The fourth-order valence-corrected chi connectivity index (χ4v) is 1.71. The highest BCUT2D eigenvalue weighted by Crippen LogP contribution is 2.31. The first-order valence-electron chi connectivity index (χ1n) is 4.46.